The Morgan fingerprint density at radius 1 is 1.16 bits per heavy atom. The van der Waals surface area contributed by atoms with Crippen LogP contribution in [0, 0.1) is 11.3 Å². The molecule has 0 aliphatic carbocycles. The Morgan fingerprint density at radius 3 is 2.44 bits per heavy atom. The lowest BCUT2D eigenvalue weighted by molar-refractivity contribution is -0.120. The van der Waals surface area contributed by atoms with Crippen LogP contribution in [-0.2, 0) is 11.3 Å². The number of benzene rings is 2. The van der Waals surface area contributed by atoms with Gasteiger partial charge in [0.15, 0.2) is 0 Å². The summed E-state index contributed by atoms with van der Waals surface area (Å²) in [6, 6.07) is 17.0. The minimum atomic E-state index is -0.292. The van der Waals surface area contributed by atoms with Gasteiger partial charge < -0.3 is 10.2 Å². The summed E-state index contributed by atoms with van der Waals surface area (Å²) in [5.41, 5.74) is 3.47. The van der Waals surface area contributed by atoms with E-state index in [0.29, 0.717) is 17.8 Å². The number of nitriles is 1. The maximum Gasteiger partial charge on any atom is 0.241 e. The molecule has 2 aromatic carbocycles. The van der Waals surface area contributed by atoms with Crippen molar-refractivity contribution < 1.29 is 4.79 Å². The molecule has 0 saturated heterocycles. The van der Waals surface area contributed by atoms with E-state index in [1.54, 1.807) is 24.3 Å². The SMILES string of the molecule is CC(C(=O)Nc1cccc(C#N)c1)N(C)Cc1ccc(N(C)C)cc1. The van der Waals surface area contributed by atoms with Crippen LogP contribution >= 0.6 is 0 Å². The Balaban J connectivity index is 1.97. The van der Waals surface area contributed by atoms with Crippen molar-refractivity contribution in [3.8, 4) is 6.07 Å². The molecule has 0 aliphatic heterocycles. The van der Waals surface area contributed by atoms with Gasteiger partial charge in [0.25, 0.3) is 0 Å². The number of nitrogens with one attached hydrogen (secondary N) is 1. The van der Waals surface area contributed by atoms with Crippen LogP contribution in [0.3, 0.4) is 0 Å². The first-order valence-corrected chi connectivity index (χ1v) is 8.18. The van der Waals surface area contributed by atoms with Gasteiger partial charge in [0, 0.05) is 32.0 Å². The highest BCUT2D eigenvalue weighted by molar-refractivity contribution is 5.94. The highest BCUT2D eigenvalue weighted by Crippen LogP contribution is 2.15. The summed E-state index contributed by atoms with van der Waals surface area (Å²) in [6.45, 7) is 2.55. The number of hydrogen-bond acceptors (Lipinski definition) is 4. The number of anilines is 2. The number of hydrogen-bond donors (Lipinski definition) is 1. The van der Waals surface area contributed by atoms with E-state index < -0.39 is 0 Å². The largest absolute Gasteiger partial charge is 0.378 e. The lowest BCUT2D eigenvalue weighted by atomic mass is 10.1. The molecule has 0 radical (unpaired) electrons. The minimum Gasteiger partial charge on any atom is -0.378 e. The molecule has 1 atom stereocenters. The van der Waals surface area contributed by atoms with Crippen molar-refractivity contribution >= 4 is 17.3 Å². The van der Waals surface area contributed by atoms with Crippen LogP contribution in [0.5, 0.6) is 0 Å². The zero-order chi connectivity index (χ0) is 18.4. The maximum absolute atomic E-state index is 12.4. The van der Waals surface area contributed by atoms with Crippen LogP contribution in [0.4, 0.5) is 11.4 Å². The zero-order valence-electron chi connectivity index (χ0n) is 15.2. The molecule has 5 nitrogen and oxygen atoms in total. The van der Waals surface area contributed by atoms with Crippen LogP contribution < -0.4 is 10.2 Å². The van der Waals surface area contributed by atoms with Gasteiger partial charge >= 0.3 is 0 Å². The summed E-state index contributed by atoms with van der Waals surface area (Å²) in [6.07, 6.45) is 0. The van der Waals surface area contributed by atoms with E-state index in [-0.39, 0.29) is 11.9 Å². The Labute approximate surface area is 149 Å². The fraction of sp³-hybridized carbons (Fsp3) is 0.300. The van der Waals surface area contributed by atoms with E-state index in [0.717, 1.165) is 11.3 Å². The number of likely N-dealkylation sites (N-methyl/N-ethyl adjacent to an activating group) is 1. The Hall–Kier alpha value is -2.84. The molecule has 1 amide bonds. The molecule has 130 valence electrons. The Kier molecular flexibility index (Phi) is 6.15. The van der Waals surface area contributed by atoms with E-state index in [2.05, 4.69) is 40.6 Å². The van der Waals surface area contributed by atoms with E-state index in [1.807, 2.05) is 33.0 Å². The van der Waals surface area contributed by atoms with Gasteiger partial charge in [-0.3, -0.25) is 9.69 Å². The molecule has 1 N–H and O–H groups in total. The third kappa shape index (κ3) is 5.07. The number of amides is 1. The standard InChI is InChI=1S/C20H24N4O/c1-15(20(25)22-18-7-5-6-17(12-18)13-21)24(4)14-16-8-10-19(11-9-16)23(2)3/h5-12,15H,14H2,1-4H3,(H,22,25). The first kappa shape index (κ1) is 18.5. The number of carbonyl (C=O) groups excluding carboxylic acids is 1. The molecule has 1 unspecified atom stereocenters. The van der Waals surface area contributed by atoms with Crippen molar-refractivity contribution in [2.45, 2.75) is 19.5 Å². The summed E-state index contributed by atoms with van der Waals surface area (Å²) in [7, 11) is 5.94. The van der Waals surface area contributed by atoms with Gasteiger partial charge in [-0.05, 0) is 49.9 Å². The van der Waals surface area contributed by atoms with Crippen molar-refractivity contribution in [2.75, 3.05) is 31.4 Å². The van der Waals surface area contributed by atoms with Gasteiger partial charge in [-0.2, -0.15) is 5.26 Å². The summed E-state index contributed by atoms with van der Waals surface area (Å²) >= 11 is 0. The molecule has 0 aliphatic rings. The fourth-order valence-electron chi connectivity index (χ4n) is 2.44. The maximum atomic E-state index is 12.4. The third-order valence-electron chi connectivity index (χ3n) is 4.18. The molecular weight excluding hydrogens is 312 g/mol. The van der Waals surface area contributed by atoms with Gasteiger partial charge in [0.2, 0.25) is 5.91 Å². The smallest absolute Gasteiger partial charge is 0.241 e. The van der Waals surface area contributed by atoms with Crippen molar-refractivity contribution in [3.63, 3.8) is 0 Å². The predicted octanol–water partition coefficient (Wildman–Crippen LogP) is 3.08. The Bertz CT molecular complexity index is 762. The van der Waals surface area contributed by atoms with E-state index in [9.17, 15) is 4.79 Å². The molecule has 2 aromatic rings. The van der Waals surface area contributed by atoms with Gasteiger partial charge in [-0.25, -0.2) is 0 Å². The summed E-state index contributed by atoms with van der Waals surface area (Å²) in [5.74, 6) is -0.0949. The van der Waals surface area contributed by atoms with Crippen LogP contribution in [0.1, 0.15) is 18.1 Å². The number of carbonyl (C=O) groups is 1. The van der Waals surface area contributed by atoms with Crippen molar-refractivity contribution in [3.05, 3.63) is 59.7 Å². The van der Waals surface area contributed by atoms with E-state index >= 15 is 0 Å². The summed E-state index contributed by atoms with van der Waals surface area (Å²) in [5, 5.41) is 11.8. The molecule has 0 saturated carbocycles. The average Bonchev–Trinajstić information content (AvgIpc) is 2.61. The van der Waals surface area contributed by atoms with Gasteiger partial charge in [0.05, 0.1) is 17.7 Å². The molecule has 0 heterocycles. The number of rotatable bonds is 6. The van der Waals surface area contributed by atoms with Gasteiger partial charge in [-0.1, -0.05) is 18.2 Å². The van der Waals surface area contributed by atoms with Crippen molar-refractivity contribution in [2.24, 2.45) is 0 Å². The lowest BCUT2D eigenvalue weighted by Gasteiger charge is -2.24. The van der Waals surface area contributed by atoms with E-state index in [4.69, 9.17) is 5.26 Å². The molecule has 0 aromatic heterocycles. The summed E-state index contributed by atoms with van der Waals surface area (Å²) in [4.78, 5) is 16.5. The van der Waals surface area contributed by atoms with Gasteiger partial charge in [-0.15, -0.1) is 0 Å². The van der Waals surface area contributed by atoms with Gasteiger partial charge in [0.1, 0.15) is 0 Å². The van der Waals surface area contributed by atoms with Crippen molar-refractivity contribution in [1.29, 1.82) is 5.26 Å². The zero-order valence-corrected chi connectivity index (χ0v) is 15.2. The fourth-order valence-corrected chi connectivity index (χ4v) is 2.44. The van der Waals surface area contributed by atoms with Crippen LogP contribution in [0.2, 0.25) is 0 Å². The quantitative estimate of drug-likeness (QED) is 0.881. The van der Waals surface area contributed by atoms with Crippen LogP contribution in [-0.4, -0.2) is 38.0 Å². The van der Waals surface area contributed by atoms with Crippen LogP contribution in [0.15, 0.2) is 48.5 Å². The highest BCUT2D eigenvalue weighted by atomic mass is 16.2. The number of nitrogens with zero attached hydrogens (tertiary/aromatic N) is 3. The second kappa shape index (κ2) is 8.32. The predicted molar refractivity (Wildman–Crippen MR) is 101 cm³/mol. The highest BCUT2D eigenvalue weighted by Gasteiger charge is 2.18. The normalized spacial score (nSPS) is 11.7. The Morgan fingerprint density at radius 2 is 1.84 bits per heavy atom. The monoisotopic (exact) mass is 336 g/mol. The minimum absolute atomic E-state index is 0.0949. The first-order valence-electron chi connectivity index (χ1n) is 8.18. The lowest BCUT2D eigenvalue weighted by Crippen LogP contribution is -2.39. The van der Waals surface area contributed by atoms with E-state index in [1.165, 1.54) is 0 Å². The molecule has 0 spiro atoms. The molecule has 0 fully saturated rings. The second-order valence-corrected chi connectivity index (χ2v) is 6.33. The first-order chi connectivity index (χ1) is 11.9. The average molecular weight is 336 g/mol. The molecule has 2 rings (SSSR count). The second-order valence-electron chi connectivity index (χ2n) is 6.33. The molecule has 25 heavy (non-hydrogen) atoms. The molecule has 5 heteroatoms. The topological polar surface area (TPSA) is 59.4 Å². The molecule has 0 bridgehead atoms. The summed E-state index contributed by atoms with van der Waals surface area (Å²) < 4.78 is 0. The van der Waals surface area contributed by atoms with Crippen molar-refractivity contribution in [1.82, 2.24) is 4.90 Å². The third-order valence-corrected chi connectivity index (χ3v) is 4.18. The van der Waals surface area contributed by atoms with Crippen LogP contribution in [0.25, 0.3) is 0 Å². The molecular formula is C20H24N4O.